The Labute approximate surface area is 131 Å². The molecule has 3 nitrogen and oxygen atoms in total. The Balaban J connectivity index is 1.91. The molecular formula is C15H12Cl2FN3. The molecule has 0 fully saturated rings. The Hall–Kier alpha value is -1.78. The lowest BCUT2D eigenvalue weighted by atomic mass is 10.2. The smallest absolute Gasteiger partial charge is 0.126 e. The highest BCUT2D eigenvalue weighted by atomic mass is 35.5. The summed E-state index contributed by atoms with van der Waals surface area (Å²) >= 11 is 12.0. The number of fused-ring (bicyclic) bond motifs is 1. The number of hydrogen-bond donors (Lipinski definition) is 1. The summed E-state index contributed by atoms with van der Waals surface area (Å²) in [4.78, 5) is 0. The van der Waals surface area contributed by atoms with E-state index < -0.39 is 5.82 Å². The van der Waals surface area contributed by atoms with Crippen LogP contribution in [0.4, 0.5) is 10.1 Å². The van der Waals surface area contributed by atoms with Gasteiger partial charge in [-0.1, -0.05) is 41.4 Å². The normalized spacial score (nSPS) is 11.0. The van der Waals surface area contributed by atoms with Gasteiger partial charge < -0.3 is 5.32 Å². The number of benzene rings is 2. The van der Waals surface area contributed by atoms with Gasteiger partial charge in [-0.3, -0.25) is 4.68 Å². The van der Waals surface area contributed by atoms with Crippen LogP contribution < -0.4 is 5.32 Å². The fourth-order valence-electron chi connectivity index (χ4n) is 2.30. The van der Waals surface area contributed by atoms with Gasteiger partial charge in [0.05, 0.1) is 33.5 Å². The third-order valence-corrected chi connectivity index (χ3v) is 3.87. The zero-order chi connectivity index (χ0) is 15.0. The molecule has 0 unspecified atom stereocenters. The Bertz CT molecular complexity index is 791. The summed E-state index contributed by atoms with van der Waals surface area (Å²) in [6.45, 7) is 0.451. The molecule has 1 heterocycles. The van der Waals surface area contributed by atoms with Crippen molar-refractivity contribution in [1.29, 1.82) is 0 Å². The van der Waals surface area contributed by atoms with Gasteiger partial charge in [-0.2, -0.15) is 5.10 Å². The molecule has 1 N–H and O–H groups in total. The summed E-state index contributed by atoms with van der Waals surface area (Å²) in [7, 11) is 1.89. The molecule has 1 aromatic heterocycles. The lowest BCUT2D eigenvalue weighted by molar-refractivity contribution is 0.628. The molecule has 0 saturated carbocycles. The number of aryl methyl sites for hydroxylation is 1. The number of nitrogens with zero attached hydrogens (tertiary/aromatic N) is 2. The second-order valence-electron chi connectivity index (χ2n) is 4.69. The average molecular weight is 324 g/mol. The number of anilines is 1. The highest BCUT2D eigenvalue weighted by Crippen LogP contribution is 2.32. The van der Waals surface area contributed by atoms with Crippen LogP contribution in [0.1, 0.15) is 5.69 Å². The van der Waals surface area contributed by atoms with E-state index in [-0.39, 0.29) is 10.0 Å². The van der Waals surface area contributed by atoms with Crippen molar-refractivity contribution >= 4 is 39.8 Å². The van der Waals surface area contributed by atoms with E-state index in [1.165, 1.54) is 12.1 Å². The zero-order valence-corrected chi connectivity index (χ0v) is 12.7. The van der Waals surface area contributed by atoms with Crippen LogP contribution in [0.3, 0.4) is 0 Å². The number of hydrogen-bond acceptors (Lipinski definition) is 2. The van der Waals surface area contributed by atoms with Crippen LogP contribution in [0.15, 0.2) is 36.4 Å². The van der Waals surface area contributed by atoms with Crippen molar-refractivity contribution in [2.75, 3.05) is 5.32 Å². The van der Waals surface area contributed by atoms with E-state index in [0.29, 0.717) is 12.2 Å². The van der Waals surface area contributed by atoms with Crippen LogP contribution in [0.2, 0.25) is 10.0 Å². The molecule has 0 aliphatic carbocycles. The molecule has 0 aliphatic heterocycles. The fourth-order valence-corrected chi connectivity index (χ4v) is 2.90. The molecule has 3 aromatic rings. The predicted molar refractivity (Wildman–Crippen MR) is 84.5 cm³/mol. The van der Waals surface area contributed by atoms with Gasteiger partial charge in [-0.05, 0) is 18.2 Å². The van der Waals surface area contributed by atoms with Crippen molar-refractivity contribution in [2.24, 2.45) is 7.05 Å². The second kappa shape index (κ2) is 5.54. The summed E-state index contributed by atoms with van der Waals surface area (Å²) in [5, 5.41) is 9.16. The summed E-state index contributed by atoms with van der Waals surface area (Å²) in [6, 6.07) is 10.4. The van der Waals surface area contributed by atoms with Gasteiger partial charge in [0.15, 0.2) is 0 Å². The molecule has 21 heavy (non-hydrogen) atoms. The molecule has 0 bridgehead atoms. The van der Waals surface area contributed by atoms with Gasteiger partial charge in [-0.25, -0.2) is 4.39 Å². The van der Waals surface area contributed by atoms with Crippen molar-refractivity contribution in [3.05, 3.63) is 58.0 Å². The monoisotopic (exact) mass is 323 g/mol. The SMILES string of the molecule is Cn1nc(CNc2c(Cl)cc(F)cc2Cl)c2ccccc21. The molecule has 2 aromatic carbocycles. The minimum atomic E-state index is -0.459. The van der Waals surface area contributed by atoms with Crippen molar-refractivity contribution in [2.45, 2.75) is 6.54 Å². The van der Waals surface area contributed by atoms with Crippen LogP contribution in [-0.4, -0.2) is 9.78 Å². The minimum absolute atomic E-state index is 0.250. The highest BCUT2D eigenvalue weighted by Gasteiger charge is 2.11. The molecule has 3 rings (SSSR count). The number of para-hydroxylation sites is 1. The van der Waals surface area contributed by atoms with E-state index >= 15 is 0 Å². The third kappa shape index (κ3) is 2.69. The lowest BCUT2D eigenvalue weighted by Gasteiger charge is -2.09. The molecule has 0 radical (unpaired) electrons. The van der Waals surface area contributed by atoms with Crippen LogP contribution >= 0.6 is 23.2 Å². The maximum absolute atomic E-state index is 13.2. The van der Waals surface area contributed by atoms with Crippen molar-refractivity contribution in [1.82, 2.24) is 9.78 Å². The van der Waals surface area contributed by atoms with Gasteiger partial charge in [0, 0.05) is 12.4 Å². The van der Waals surface area contributed by atoms with Crippen molar-refractivity contribution in [3.8, 4) is 0 Å². The van der Waals surface area contributed by atoms with Gasteiger partial charge in [0.2, 0.25) is 0 Å². The quantitative estimate of drug-likeness (QED) is 0.761. The molecule has 0 aliphatic rings. The Kier molecular flexibility index (Phi) is 3.74. The summed E-state index contributed by atoms with van der Waals surface area (Å²) in [5.74, 6) is -0.459. The van der Waals surface area contributed by atoms with E-state index in [9.17, 15) is 4.39 Å². The van der Waals surface area contributed by atoms with Gasteiger partial charge in [-0.15, -0.1) is 0 Å². The van der Waals surface area contributed by atoms with E-state index in [1.54, 1.807) is 0 Å². The maximum atomic E-state index is 13.2. The minimum Gasteiger partial charge on any atom is -0.377 e. The average Bonchev–Trinajstić information content (AvgIpc) is 2.75. The second-order valence-corrected chi connectivity index (χ2v) is 5.50. The van der Waals surface area contributed by atoms with E-state index in [1.807, 2.05) is 36.0 Å². The third-order valence-electron chi connectivity index (χ3n) is 3.27. The number of aromatic nitrogens is 2. The number of rotatable bonds is 3. The Morgan fingerprint density at radius 2 is 1.86 bits per heavy atom. The van der Waals surface area contributed by atoms with Gasteiger partial charge >= 0.3 is 0 Å². The van der Waals surface area contributed by atoms with E-state index in [0.717, 1.165) is 16.6 Å². The van der Waals surface area contributed by atoms with Gasteiger partial charge in [0.25, 0.3) is 0 Å². The molecule has 0 spiro atoms. The Morgan fingerprint density at radius 3 is 2.57 bits per heavy atom. The number of halogens is 3. The van der Waals surface area contributed by atoms with Crippen molar-refractivity contribution < 1.29 is 4.39 Å². The van der Waals surface area contributed by atoms with Crippen LogP contribution in [0.5, 0.6) is 0 Å². The Morgan fingerprint density at radius 1 is 1.19 bits per heavy atom. The van der Waals surface area contributed by atoms with Crippen LogP contribution in [0.25, 0.3) is 10.9 Å². The maximum Gasteiger partial charge on any atom is 0.126 e. The molecule has 0 atom stereocenters. The first-order valence-corrected chi connectivity index (χ1v) is 7.11. The molecule has 108 valence electrons. The predicted octanol–water partition coefficient (Wildman–Crippen LogP) is 4.63. The van der Waals surface area contributed by atoms with Gasteiger partial charge in [0.1, 0.15) is 5.82 Å². The topological polar surface area (TPSA) is 29.9 Å². The van der Waals surface area contributed by atoms with E-state index in [2.05, 4.69) is 10.4 Å². The lowest BCUT2D eigenvalue weighted by Crippen LogP contribution is -2.03. The zero-order valence-electron chi connectivity index (χ0n) is 11.2. The molecule has 6 heteroatoms. The van der Waals surface area contributed by atoms with Crippen LogP contribution in [-0.2, 0) is 13.6 Å². The first kappa shape index (κ1) is 14.2. The largest absolute Gasteiger partial charge is 0.377 e. The number of nitrogens with one attached hydrogen (secondary N) is 1. The van der Waals surface area contributed by atoms with Crippen molar-refractivity contribution in [3.63, 3.8) is 0 Å². The summed E-state index contributed by atoms with van der Waals surface area (Å²) in [6.07, 6.45) is 0. The van der Waals surface area contributed by atoms with E-state index in [4.69, 9.17) is 23.2 Å². The summed E-state index contributed by atoms with van der Waals surface area (Å²) in [5.41, 5.74) is 2.43. The fraction of sp³-hybridized carbons (Fsp3) is 0.133. The standard InChI is InChI=1S/C15H12Cl2FN3/c1-21-14-5-3-2-4-10(14)13(20-21)8-19-15-11(16)6-9(18)7-12(15)17/h2-7,19H,8H2,1H3. The first-order chi connectivity index (χ1) is 10.1. The molecular weight excluding hydrogens is 312 g/mol. The van der Waals surface area contributed by atoms with Crippen LogP contribution in [0, 0.1) is 5.82 Å². The summed E-state index contributed by atoms with van der Waals surface area (Å²) < 4.78 is 15.0. The molecule has 0 saturated heterocycles. The first-order valence-electron chi connectivity index (χ1n) is 6.35. The highest BCUT2D eigenvalue weighted by molar-refractivity contribution is 6.39. The molecule has 0 amide bonds.